The Labute approximate surface area is 102 Å². The average Bonchev–Trinajstić information content (AvgIpc) is 2.23. The number of aryl methyl sites for hydroxylation is 2. The lowest BCUT2D eigenvalue weighted by Crippen LogP contribution is -2.34. The van der Waals surface area contributed by atoms with Crippen LogP contribution in [0, 0.1) is 13.8 Å². The molecule has 90 valence electrons. The average molecular weight is 239 g/mol. The molecule has 0 aliphatic carbocycles. The van der Waals surface area contributed by atoms with Gasteiger partial charge in [0.2, 0.25) is 0 Å². The third-order valence-corrected chi connectivity index (χ3v) is 3.84. The van der Waals surface area contributed by atoms with Gasteiger partial charge in [-0.1, -0.05) is 17.7 Å². The standard InChI is InChI=1S/C13H21NOS/c1-10-4-5-11(2)12(8-10)16-7-6-13(3,15)9-14/h4-5,8,15H,6-7,9,14H2,1-3H3. The van der Waals surface area contributed by atoms with Crippen LogP contribution in [-0.2, 0) is 0 Å². The van der Waals surface area contributed by atoms with E-state index in [9.17, 15) is 5.11 Å². The number of benzene rings is 1. The normalized spacial score (nSPS) is 14.8. The predicted molar refractivity (Wildman–Crippen MR) is 70.9 cm³/mol. The SMILES string of the molecule is Cc1ccc(C)c(SCCC(C)(O)CN)c1. The highest BCUT2D eigenvalue weighted by Crippen LogP contribution is 2.25. The fraction of sp³-hybridized carbons (Fsp3) is 0.538. The van der Waals surface area contributed by atoms with Crippen LogP contribution in [0.4, 0.5) is 0 Å². The molecule has 3 heteroatoms. The molecule has 0 aliphatic rings. The molecular formula is C13H21NOS. The summed E-state index contributed by atoms with van der Waals surface area (Å²) in [5, 5.41) is 9.79. The molecule has 1 aromatic carbocycles. The monoisotopic (exact) mass is 239 g/mol. The fourth-order valence-corrected chi connectivity index (χ4v) is 2.67. The highest BCUT2D eigenvalue weighted by atomic mass is 32.2. The molecule has 0 saturated carbocycles. The van der Waals surface area contributed by atoms with Crippen LogP contribution in [0.3, 0.4) is 0 Å². The van der Waals surface area contributed by atoms with Crippen LogP contribution < -0.4 is 5.73 Å². The molecule has 16 heavy (non-hydrogen) atoms. The maximum absolute atomic E-state index is 9.79. The molecule has 0 fully saturated rings. The molecule has 1 rings (SSSR count). The zero-order chi connectivity index (χ0) is 12.2. The number of nitrogens with two attached hydrogens (primary N) is 1. The van der Waals surface area contributed by atoms with E-state index in [0.29, 0.717) is 6.54 Å². The van der Waals surface area contributed by atoms with Crippen molar-refractivity contribution < 1.29 is 5.11 Å². The lowest BCUT2D eigenvalue weighted by atomic mass is 10.1. The number of hydrogen-bond acceptors (Lipinski definition) is 3. The maximum Gasteiger partial charge on any atom is 0.0749 e. The van der Waals surface area contributed by atoms with Gasteiger partial charge < -0.3 is 10.8 Å². The minimum absolute atomic E-state index is 0.320. The van der Waals surface area contributed by atoms with Gasteiger partial charge in [0.15, 0.2) is 0 Å². The number of rotatable bonds is 5. The summed E-state index contributed by atoms with van der Waals surface area (Å²) in [5.74, 6) is 0.897. The van der Waals surface area contributed by atoms with Crippen molar-refractivity contribution in [2.45, 2.75) is 37.7 Å². The number of aliphatic hydroxyl groups is 1. The van der Waals surface area contributed by atoms with Crippen LogP contribution in [0.5, 0.6) is 0 Å². The first-order valence-electron chi connectivity index (χ1n) is 5.57. The Morgan fingerprint density at radius 3 is 2.69 bits per heavy atom. The van der Waals surface area contributed by atoms with Crippen molar-refractivity contribution in [1.82, 2.24) is 0 Å². The molecule has 0 radical (unpaired) electrons. The zero-order valence-electron chi connectivity index (χ0n) is 10.3. The lowest BCUT2D eigenvalue weighted by molar-refractivity contribution is 0.0665. The van der Waals surface area contributed by atoms with Gasteiger partial charge in [-0.3, -0.25) is 0 Å². The summed E-state index contributed by atoms with van der Waals surface area (Å²) in [7, 11) is 0. The van der Waals surface area contributed by atoms with Gasteiger partial charge in [-0.25, -0.2) is 0 Å². The quantitative estimate of drug-likeness (QED) is 0.776. The van der Waals surface area contributed by atoms with Crippen LogP contribution in [0.15, 0.2) is 23.1 Å². The largest absolute Gasteiger partial charge is 0.389 e. The molecule has 1 unspecified atom stereocenters. The smallest absolute Gasteiger partial charge is 0.0749 e. The van der Waals surface area contributed by atoms with E-state index in [1.165, 1.54) is 16.0 Å². The zero-order valence-corrected chi connectivity index (χ0v) is 11.1. The summed E-state index contributed by atoms with van der Waals surface area (Å²) in [6.45, 7) is 6.32. The second-order valence-corrected chi connectivity index (χ2v) is 5.71. The van der Waals surface area contributed by atoms with Crippen LogP contribution in [0.1, 0.15) is 24.5 Å². The molecule has 0 amide bonds. The van der Waals surface area contributed by atoms with Crippen molar-refractivity contribution in [3.63, 3.8) is 0 Å². The molecule has 0 aromatic heterocycles. The summed E-state index contributed by atoms with van der Waals surface area (Å²) in [5.41, 5.74) is 7.32. The van der Waals surface area contributed by atoms with E-state index in [1.54, 1.807) is 18.7 Å². The number of thioether (sulfide) groups is 1. The van der Waals surface area contributed by atoms with Crippen LogP contribution in [0.25, 0.3) is 0 Å². The molecule has 1 aromatic rings. The van der Waals surface area contributed by atoms with Crippen molar-refractivity contribution in [3.05, 3.63) is 29.3 Å². The molecule has 0 saturated heterocycles. The van der Waals surface area contributed by atoms with Gasteiger partial charge in [-0.2, -0.15) is 0 Å². The van der Waals surface area contributed by atoms with Gasteiger partial charge in [0, 0.05) is 17.2 Å². The predicted octanol–water partition coefficient (Wildman–Crippen LogP) is 2.50. The minimum Gasteiger partial charge on any atom is -0.389 e. The van der Waals surface area contributed by atoms with Crippen molar-refractivity contribution in [3.8, 4) is 0 Å². The summed E-state index contributed by atoms with van der Waals surface area (Å²) < 4.78 is 0. The van der Waals surface area contributed by atoms with Gasteiger partial charge in [0.05, 0.1) is 5.60 Å². The Bertz CT molecular complexity index is 350. The van der Waals surface area contributed by atoms with Gasteiger partial charge in [0.25, 0.3) is 0 Å². The van der Waals surface area contributed by atoms with Crippen LogP contribution >= 0.6 is 11.8 Å². The second kappa shape index (κ2) is 5.71. The first-order chi connectivity index (χ1) is 7.44. The van der Waals surface area contributed by atoms with Gasteiger partial charge >= 0.3 is 0 Å². The molecule has 0 aliphatic heterocycles. The minimum atomic E-state index is -0.731. The Hall–Kier alpha value is -0.510. The summed E-state index contributed by atoms with van der Waals surface area (Å²) in [4.78, 5) is 1.30. The molecular weight excluding hydrogens is 218 g/mol. The first-order valence-corrected chi connectivity index (χ1v) is 6.56. The molecule has 2 nitrogen and oxygen atoms in total. The third-order valence-electron chi connectivity index (χ3n) is 2.68. The lowest BCUT2D eigenvalue weighted by Gasteiger charge is -2.20. The second-order valence-electron chi connectivity index (χ2n) is 4.57. The highest BCUT2D eigenvalue weighted by molar-refractivity contribution is 7.99. The van der Waals surface area contributed by atoms with E-state index in [2.05, 4.69) is 32.0 Å². The third kappa shape index (κ3) is 4.16. The van der Waals surface area contributed by atoms with Gasteiger partial charge in [-0.05, 0) is 38.8 Å². The van der Waals surface area contributed by atoms with E-state index >= 15 is 0 Å². The van der Waals surface area contributed by atoms with Gasteiger partial charge in [-0.15, -0.1) is 11.8 Å². The Morgan fingerprint density at radius 2 is 2.06 bits per heavy atom. The molecule has 3 N–H and O–H groups in total. The van der Waals surface area contributed by atoms with Crippen LogP contribution in [-0.4, -0.2) is 23.0 Å². The topological polar surface area (TPSA) is 46.2 Å². The summed E-state index contributed by atoms with van der Waals surface area (Å²) in [6.07, 6.45) is 0.724. The van der Waals surface area contributed by atoms with Gasteiger partial charge in [0.1, 0.15) is 0 Å². The fourth-order valence-electron chi connectivity index (χ4n) is 1.35. The molecule has 1 atom stereocenters. The van der Waals surface area contributed by atoms with E-state index in [1.807, 2.05) is 0 Å². The van der Waals surface area contributed by atoms with Crippen molar-refractivity contribution in [2.75, 3.05) is 12.3 Å². The Kier molecular flexibility index (Phi) is 4.84. The molecule has 0 bridgehead atoms. The van der Waals surface area contributed by atoms with E-state index in [-0.39, 0.29) is 0 Å². The highest BCUT2D eigenvalue weighted by Gasteiger charge is 2.17. The van der Waals surface area contributed by atoms with Crippen LogP contribution in [0.2, 0.25) is 0 Å². The Morgan fingerprint density at radius 1 is 1.38 bits per heavy atom. The number of hydrogen-bond donors (Lipinski definition) is 2. The molecule has 0 spiro atoms. The van der Waals surface area contributed by atoms with E-state index < -0.39 is 5.60 Å². The first kappa shape index (κ1) is 13.6. The van der Waals surface area contributed by atoms with Crippen molar-refractivity contribution in [1.29, 1.82) is 0 Å². The summed E-state index contributed by atoms with van der Waals surface area (Å²) >= 11 is 1.79. The molecule has 0 heterocycles. The Balaban J connectivity index is 2.52. The van der Waals surface area contributed by atoms with E-state index in [0.717, 1.165) is 12.2 Å². The van der Waals surface area contributed by atoms with Crippen molar-refractivity contribution >= 4 is 11.8 Å². The van der Waals surface area contributed by atoms with Crippen molar-refractivity contribution in [2.24, 2.45) is 5.73 Å². The van der Waals surface area contributed by atoms with E-state index in [4.69, 9.17) is 5.73 Å². The maximum atomic E-state index is 9.79. The summed E-state index contributed by atoms with van der Waals surface area (Å²) in [6, 6.07) is 6.45.